The van der Waals surface area contributed by atoms with Gasteiger partial charge in [0.2, 0.25) is 11.8 Å². The summed E-state index contributed by atoms with van der Waals surface area (Å²) in [4.78, 5) is 24.1. The van der Waals surface area contributed by atoms with Gasteiger partial charge in [0, 0.05) is 38.6 Å². The first-order valence-electron chi connectivity index (χ1n) is 7.84. The highest BCUT2D eigenvalue weighted by Gasteiger charge is 2.21. The van der Waals surface area contributed by atoms with Crippen LogP contribution in [0.15, 0.2) is 47.7 Å². The van der Waals surface area contributed by atoms with E-state index in [-0.39, 0.29) is 24.7 Å². The fourth-order valence-corrected chi connectivity index (χ4v) is 2.51. The molecule has 0 aliphatic carbocycles. The van der Waals surface area contributed by atoms with Gasteiger partial charge in [-0.15, -0.1) is 0 Å². The van der Waals surface area contributed by atoms with Crippen LogP contribution in [0.25, 0.3) is 0 Å². The van der Waals surface area contributed by atoms with Crippen molar-refractivity contribution >= 4 is 23.3 Å². The molecule has 2 heterocycles. The molecule has 0 fully saturated rings. The molecule has 0 bridgehead atoms. The molecule has 3 rings (SSSR count). The Morgan fingerprint density at radius 2 is 1.96 bits per heavy atom. The first-order chi connectivity index (χ1) is 11.6. The summed E-state index contributed by atoms with van der Waals surface area (Å²) in [6.45, 7) is 0.560. The maximum atomic E-state index is 12.2. The molecule has 1 aromatic carbocycles. The second-order valence-electron chi connectivity index (χ2n) is 5.60. The lowest BCUT2D eigenvalue weighted by Gasteiger charge is -2.10. The summed E-state index contributed by atoms with van der Waals surface area (Å²) in [7, 11) is 1.77. The number of aromatic nitrogens is 2. The van der Waals surface area contributed by atoms with E-state index in [4.69, 9.17) is 0 Å². The minimum Gasteiger partial charge on any atom is -0.309 e. The van der Waals surface area contributed by atoms with Gasteiger partial charge in [-0.25, -0.2) is 5.01 Å². The molecule has 2 amide bonds. The van der Waals surface area contributed by atoms with Crippen molar-refractivity contribution in [2.45, 2.75) is 19.3 Å². The average Bonchev–Trinajstić information content (AvgIpc) is 3.23. The van der Waals surface area contributed by atoms with Crippen molar-refractivity contribution in [1.29, 1.82) is 0 Å². The van der Waals surface area contributed by atoms with Crippen LogP contribution in [-0.2, 0) is 16.6 Å². The zero-order valence-electron chi connectivity index (χ0n) is 13.5. The topological polar surface area (TPSA) is 79.6 Å². The molecule has 124 valence electrons. The van der Waals surface area contributed by atoms with Crippen molar-refractivity contribution in [1.82, 2.24) is 14.8 Å². The molecule has 1 aromatic heterocycles. The number of anilines is 1. The lowest BCUT2D eigenvalue weighted by Crippen LogP contribution is -2.25. The SMILES string of the molecule is Cn1ccc(NC(=O)CCC(=O)N2CCC(c3ccccc3)=N2)n1. The van der Waals surface area contributed by atoms with Gasteiger partial charge in [0.25, 0.3) is 0 Å². The Bertz CT molecular complexity index is 766. The van der Waals surface area contributed by atoms with Crippen LogP contribution in [0.5, 0.6) is 0 Å². The van der Waals surface area contributed by atoms with Crippen LogP contribution in [0.4, 0.5) is 5.82 Å². The molecule has 0 radical (unpaired) electrons. The van der Waals surface area contributed by atoms with Gasteiger partial charge in [0.05, 0.1) is 12.3 Å². The third kappa shape index (κ3) is 3.87. The number of rotatable bonds is 5. The normalized spacial score (nSPS) is 13.7. The highest BCUT2D eigenvalue weighted by Crippen LogP contribution is 2.15. The van der Waals surface area contributed by atoms with Crippen LogP contribution in [0.1, 0.15) is 24.8 Å². The molecule has 24 heavy (non-hydrogen) atoms. The molecule has 1 aliphatic heterocycles. The van der Waals surface area contributed by atoms with E-state index >= 15 is 0 Å². The van der Waals surface area contributed by atoms with Crippen LogP contribution < -0.4 is 5.32 Å². The lowest BCUT2D eigenvalue weighted by molar-refractivity contribution is -0.132. The number of hydrogen-bond donors (Lipinski definition) is 1. The average molecular weight is 325 g/mol. The van der Waals surface area contributed by atoms with E-state index in [0.29, 0.717) is 12.4 Å². The van der Waals surface area contributed by atoms with Crippen LogP contribution in [-0.4, -0.2) is 38.9 Å². The van der Waals surface area contributed by atoms with Gasteiger partial charge in [-0.05, 0) is 5.56 Å². The predicted octanol–water partition coefficient (Wildman–Crippen LogP) is 1.78. The second kappa shape index (κ2) is 7.08. The Kier molecular flexibility index (Phi) is 4.69. The Hall–Kier alpha value is -2.96. The minimum atomic E-state index is -0.228. The molecule has 1 aliphatic rings. The van der Waals surface area contributed by atoms with Crippen LogP contribution >= 0.6 is 0 Å². The summed E-state index contributed by atoms with van der Waals surface area (Å²) in [5.41, 5.74) is 1.93. The lowest BCUT2D eigenvalue weighted by atomic mass is 10.1. The maximum Gasteiger partial charge on any atom is 0.243 e. The first kappa shape index (κ1) is 15.9. The fraction of sp³-hybridized carbons (Fsp3) is 0.294. The smallest absolute Gasteiger partial charge is 0.243 e. The molecule has 0 spiro atoms. The van der Waals surface area contributed by atoms with Crippen molar-refractivity contribution in [2.24, 2.45) is 12.1 Å². The van der Waals surface area contributed by atoms with Crippen molar-refractivity contribution in [3.8, 4) is 0 Å². The highest BCUT2D eigenvalue weighted by atomic mass is 16.2. The van der Waals surface area contributed by atoms with Crippen LogP contribution in [0.3, 0.4) is 0 Å². The molecular weight excluding hydrogens is 306 g/mol. The minimum absolute atomic E-state index is 0.113. The van der Waals surface area contributed by atoms with Gasteiger partial charge in [-0.2, -0.15) is 10.2 Å². The van der Waals surface area contributed by atoms with E-state index < -0.39 is 0 Å². The van der Waals surface area contributed by atoms with E-state index in [2.05, 4.69) is 15.5 Å². The molecule has 7 heteroatoms. The number of hydrazone groups is 1. The quantitative estimate of drug-likeness (QED) is 0.910. The van der Waals surface area contributed by atoms with Crippen molar-refractivity contribution in [3.63, 3.8) is 0 Å². The zero-order chi connectivity index (χ0) is 16.9. The molecule has 0 unspecified atom stereocenters. The number of benzene rings is 1. The van der Waals surface area contributed by atoms with Gasteiger partial charge in [0.15, 0.2) is 5.82 Å². The zero-order valence-corrected chi connectivity index (χ0v) is 13.5. The second-order valence-corrected chi connectivity index (χ2v) is 5.60. The van der Waals surface area contributed by atoms with Crippen molar-refractivity contribution < 1.29 is 9.59 Å². The number of amides is 2. The van der Waals surface area contributed by atoms with Crippen molar-refractivity contribution in [3.05, 3.63) is 48.2 Å². The number of nitrogens with one attached hydrogen (secondary N) is 1. The third-order valence-corrected chi connectivity index (χ3v) is 3.74. The molecule has 1 N–H and O–H groups in total. The Labute approximate surface area is 140 Å². The number of carbonyl (C=O) groups is 2. The predicted molar refractivity (Wildman–Crippen MR) is 90.4 cm³/mol. The summed E-state index contributed by atoms with van der Waals surface area (Å²) in [5, 5.41) is 12.6. The highest BCUT2D eigenvalue weighted by molar-refractivity contribution is 6.02. The summed E-state index contributed by atoms with van der Waals surface area (Å²) in [6, 6.07) is 11.5. The Balaban J connectivity index is 1.50. The van der Waals surface area contributed by atoms with E-state index in [1.807, 2.05) is 30.3 Å². The van der Waals surface area contributed by atoms with Gasteiger partial charge < -0.3 is 5.32 Å². The van der Waals surface area contributed by atoms with Gasteiger partial charge in [-0.3, -0.25) is 14.3 Å². The van der Waals surface area contributed by atoms with Crippen LogP contribution in [0.2, 0.25) is 0 Å². The number of nitrogens with zero attached hydrogens (tertiary/aromatic N) is 4. The third-order valence-electron chi connectivity index (χ3n) is 3.74. The summed E-state index contributed by atoms with van der Waals surface area (Å²) >= 11 is 0. The number of hydrogen-bond acceptors (Lipinski definition) is 4. The monoisotopic (exact) mass is 325 g/mol. The van der Waals surface area contributed by atoms with Gasteiger partial charge in [0.1, 0.15) is 0 Å². The first-order valence-corrected chi connectivity index (χ1v) is 7.84. The van der Waals surface area contributed by atoms with Crippen molar-refractivity contribution in [2.75, 3.05) is 11.9 Å². The van der Waals surface area contributed by atoms with E-state index in [9.17, 15) is 9.59 Å². The standard InChI is InChI=1S/C17H19N5O2/c1-21-11-10-15(20-21)18-16(23)7-8-17(24)22-12-9-14(19-22)13-5-3-2-4-6-13/h2-6,10-11H,7-9,12H2,1H3,(H,18,20,23). The maximum absolute atomic E-state index is 12.2. The van der Waals surface area contributed by atoms with E-state index in [1.54, 1.807) is 24.0 Å². The van der Waals surface area contributed by atoms with Gasteiger partial charge >= 0.3 is 0 Å². The van der Waals surface area contributed by atoms with E-state index in [1.165, 1.54) is 5.01 Å². The molecule has 0 atom stereocenters. The summed E-state index contributed by atoms with van der Waals surface area (Å²) < 4.78 is 1.60. The molecule has 0 saturated carbocycles. The number of carbonyl (C=O) groups excluding carboxylic acids is 2. The fourth-order valence-electron chi connectivity index (χ4n) is 2.51. The molecule has 0 saturated heterocycles. The molecular formula is C17H19N5O2. The number of aryl methyl sites for hydroxylation is 1. The molecule has 2 aromatic rings. The van der Waals surface area contributed by atoms with Gasteiger partial charge in [-0.1, -0.05) is 30.3 Å². The Morgan fingerprint density at radius 1 is 1.17 bits per heavy atom. The van der Waals surface area contributed by atoms with Crippen LogP contribution in [0, 0.1) is 0 Å². The summed E-state index contributed by atoms with van der Waals surface area (Å²) in [5.74, 6) is 0.117. The van der Waals surface area contributed by atoms with E-state index in [0.717, 1.165) is 17.7 Å². The molecule has 7 nitrogen and oxygen atoms in total. The largest absolute Gasteiger partial charge is 0.309 e. The Morgan fingerprint density at radius 3 is 2.67 bits per heavy atom. The summed E-state index contributed by atoms with van der Waals surface area (Å²) in [6.07, 6.45) is 2.72.